The van der Waals surface area contributed by atoms with E-state index >= 15 is 0 Å². The zero-order chi connectivity index (χ0) is 16.1. The number of aliphatic hydroxyl groups excluding tert-OH is 1. The minimum absolute atomic E-state index is 0.0155. The topological polar surface area (TPSA) is 59.3 Å². The molecule has 0 aliphatic heterocycles. The van der Waals surface area contributed by atoms with Crippen molar-refractivity contribution in [2.24, 2.45) is 7.05 Å². The van der Waals surface area contributed by atoms with E-state index in [9.17, 15) is 0 Å². The Hall–Kier alpha value is -2.37. The number of nitrogens with zero attached hydrogens (tertiary/aromatic N) is 2. The molecule has 0 atom stereocenters. The molecule has 0 unspecified atom stereocenters. The summed E-state index contributed by atoms with van der Waals surface area (Å²) in [5.74, 6) is 1.80. The summed E-state index contributed by atoms with van der Waals surface area (Å²) in [5, 5.41) is 12.3. The van der Waals surface area contributed by atoms with E-state index in [1.54, 1.807) is 0 Å². The summed E-state index contributed by atoms with van der Waals surface area (Å²) >= 11 is 0. The van der Waals surface area contributed by atoms with Crippen LogP contribution in [0.2, 0.25) is 0 Å². The third kappa shape index (κ3) is 3.52. The highest BCUT2D eigenvalue weighted by molar-refractivity contribution is 5.75. The van der Waals surface area contributed by atoms with E-state index in [2.05, 4.69) is 20.9 Å². The Morgan fingerprint density at radius 3 is 2.70 bits per heavy atom. The number of aryl methyl sites for hydroxylation is 1. The van der Waals surface area contributed by atoms with Crippen LogP contribution in [0, 0.1) is 0 Å². The van der Waals surface area contributed by atoms with Gasteiger partial charge in [-0.05, 0) is 18.2 Å². The lowest BCUT2D eigenvalue weighted by Crippen LogP contribution is -2.16. The van der Waals surface area contributed by atoms with Gasteiger partial charge in [-0.15, -0.1) is 0 Å². The molecule has 0 aliphatic rings. The largest absolute Gasteiger partial charge is 0.491 e. The Balaban J connectivity index is 1.66. The molecule has 0 saturated heterocycles. The van der Waals surface area contributed by atoms with Gasteiger partial charge in [-0.3, -0.25) is 0 Å². The van der Waals surface area contributed by atoms with Gasteiger partial charge in [0, 0.05) is 19.2 Å². The van der Waals surface area contributed by atoms with Gasteiger partial charge in [-0.1, -0.05) is 30.3 Å². The van der Waals surface area contributed by atoms with Gasteiger partial charge in [0.25, 0.3) is 0 Å². The van der Waals surface area contributed by atoms with Crippen molar-refractivity contribution >= 4 is 11.0 Å². The lowest BCUT2D eigenvalue weighted by Gasteiger charge is -2.11. The molecule has 0 radical (unpaired) electrons. The molecule has 0 fully saturated rings. The number of imidazole rings is 1. The number of aliphatic hydroxyl groups is 1. The third-order valence-electron chi connectivity index (χ3n) is 3.80. The molecule has 120 valence electrons. The molecule has 0 saturated carbocycles. The Bertz CT molecular complexity index is 783. The zero-order valence-corrected chi connectivity index (χ0v) is 13.2. The Morgan fingerprint density at radius 2 is 1.87 bits per heavy atom. The Labute approximate surface area is 135 Å². The molecule has 0 bridgehead atoms. The molecule has 0 spiro atoms. The lowest BCUT2D eigenvalue weighted by molar-refractivity contribution is 0.200. The second kappa shape index (κ2) is 7.26. The van der Waals surface area contributed by atoms with Gasteiger partial charge in [0.05, 0.1) is 24.2 Å². The van der Waals surface area contributed by atoms with E-state index in [1.165, 1.54) is 0 Å². The normalized spacial score (nSPS) is 11.0. The Morgan fingerprint density at radius 1 is 1.09 bits per heavy atom. The van der Waals surface area contributed by atoms with Gasteiger partial charge < -0.3 is 19.7 Å². The van der Waals surface area contributed by atoms with Crippen molar-refractivity contribution in [3.63, 3.8) is 0 Å². The first kappa shape index (κ1) is 15.5. The molecule has 1 heterocycles. The number of benzene rings is 2. The molecular formula is C18H21N3O2. The molecule has 5 nitrogen and oxygen atoms in total. The summed E-state index contributed by atoms with van der Waals surface area (Å²) in [6.45, 7) is 1.69. The highest BCUT2D eigenvalue weighted by Crippen LogP contribution is 2.18. The van der Waals surface area contributed by atoms with Gasteiger partial charge in [-0.25, -0.2) is 4.98 Å². The van der Waals surface area contributed by atoms with E-state index in [1.807, 2.05) is 49.5 Å². The monoisotopic (exact) mass is 311 g/mol. The number of ether oxygens (including phenoxy) is 1. The van der Waals surface area contributed by atoms with Crippen molar-refractivity contribution in [3.05, 3.63) is 59.9 Å². The zero-order valence-electron chi connectivity index (χ0n) is 13.2. The fraction of sp³-hybridized carbons (Fsp3) is 0.278. The fourth-order valence-electron chi connectivity index (χ4n) is 2.61. The van der Waals surface area contributed by atoms with Gasteiger partial charge in [0.2, 0.25) is 0 Å². The van der Waals surface area contributed by atoms with E-state index in [-0.39, 0.29) is 6.61 Å². The average molecular weight is 311 g/mol. The van der Waals surface area contributed by atoms with E-state index in [0.29, 0.717) is 19.7 Å². The maximum absolute atomic E-state index is 8.89. The minimum atomic E-state index is 0.0155. The number of para-hydroxylation sites is 3. The first-order chi connectivity index (χ1) is 11.3. The summed E-state index contributed by atoms with van der Waals surface area (Å²) < 4.78 is 7.66. The van der Waals surface area contributed by atoms with Crippen molar-refractivity contribution in [1.29, 1.82) is 0 Å². The molecule has 1 aromatic heterocycles. The van der Waals surface area contributed by atoms with E-state index < -0.39 is 0 Å². The second-order valence-electron chi connectivity index (χ2n) is 5.36. The van der Waals surface area contributed by atoms with Crippen LogP contribution < -0.4 is 10.1 Å². The second-order valence-corrected chi connectivity index (χ2v) is 5.36. The van der Waals surface area contributed by atoms with Crippen LogP contribution in [0.1, 0.15) is 11.4 Å². The van der Waals surface area contributed by atoms with Crippen LogP contribution in [-0.2, 0) is 20.1 Å². The minimum Gasteiger partial charge on any atom is -0.491 e. The summed E-state index contributed by atoms with van der Waals surface area (Å²) in [6.07, 6.45) is 0. The van der Waals surface area contributed by atoms with Crippen LogP contribution >= 0.6 is 0 Å². The van der Waals surface area contributed by atoms with Crippen molar-refractivity contribution in [2.75, 3.05) is 13.2 Å². The number of fused-ring (bicyclic) bond motifs is 1. The SMILES string of the molecule is Cn1c(CNCc2ccccc2OCCO)nc2ccccc21. The van der Waals surface area contributed by atoms with Crippen LogP contribution in [0.3, 0.4) is 0 Å². The van der Waals surface area contributed by atoms with Crippen LogP contribution in [0.15, 0.2) is 48.5 Å². The molecule has 2 aromatic carbocycles. The first-order valence-electron chi connectivity index (χ1n) is 7.72. The third-order valence-corrected chi connectivity index (χ3v) is 3.80. The predicted octanol–water partition coefficient (Wildman–Crippen LogP) is 2.23. The van der Waals surface area contributed by atoms with Crippen molar-refractivity contribution in [3.8, 4) is 5.75 Å². The highest BCUT2D eigenvalue weighted by atomic mass is 16.5. The Kier molecular flexibility index (Phi) is 4.90. The van der Waals surface area contributed by atoms with Gasteiger partial charge in [-0.2, -0.15) is 0 Å². The summed E-state index contributed by atoms with van der Waals surface area (Å²) in [6, 6.07) is 16.0. The number of aromatic nitrogens is 2. The van der Waals surface area contributed by atoms with Gasteiger partial charge in [0.1, 0.15) is 18.2 Å². The van der Waals surface area contributed by atoms with Crippen LogP contribution in [-0.4, -0.2) is 27.9 Å². The average Bonchev–Trinajstić information content (AvgIpc) is 2.90. The van der Waals surface area contributed by atoms with Crippen LogP contribution in [0.25, 0.3) is 11.0 Å². The van der Waals surface area contributed by atoms with Gasteiger partial charge >= 0.3 is 0 Å². The quantitative estimate of drug-likeness (QED) is 0.702. The molecule has 3 aromatic rings. The number of hydrogen-bond acceptors (Lipinski definition) is 4. The molecule has 0 aliphatic carbocycles. The predicted molar refractivity (Wildman–Crippen MR) is 90.3 cm³/mol. The van der Waals surface area contributed by atoms with Crippen molar-refractivity contribution in [1.82, 2.24) is 14.9 Å². The summed E-state index contributed by atoms with van der Waals surface area (Å²) in [4.78, 5) is 4.65. The standard InChI is InChI=1S/C18H21N3O2/c1-21-16-8-4-3-7-15(16)20-18(21)13-19-12-14-6-2-5-9-17(14)23-11-10-22/h2-9,19,22H,10-13H2,1H3. The summed E-state index contributed by atoms with van der Waals surface area (Å²) in [7, 11) is 2.03. The van der Waals surface area contributed by atoms with Gasteiger partial charge in [0.15, 0.2) is 0 Å². The lowest BCUT2D eigenvalue weighted by atomic mass is 10.2. The molecule has 5 heteroatoms. The van der Waals surface area contributed by atoms with E-state index in [4.69, 9.17) is 9.84 Å². The van der Waals surface area contributed by atoms with Crippen LogP contribution in [0.5, 0.6) is 5.75 Å². The molecule has 23 heavy (non-hydrogen) atoms. The maximum atomic E-state index is 8.89. The number of nitrogens with one attached hydrogen (secondary N) is 1. The van der Waals surface area contributed by atoms with E-state index in [0.717, 1.165) is 28.2 Å². The van der Waals surface area contributed by atoms with Crippen molar-refractivity contribution in [2.45, 2.75) is 13.1 Å². The highest BCUT2D eigenvalue weighted by Gasteiger charge is 2.07. The first-order valence-corrected chi connectivity index (χ1v) is 7.72. The molecular weight excluding hydrogens is 290 g/mol. The smallest absolute Gasteiger partial charge is 0.123 e. The molecule has 3 rings (SSSR count). The van der Waals surface area contributed by atoms with Crippen LogP contribution in [0.4, 0.5) is 0 Å². The van der Waals surface area contributed by atoms with Crippen molar-refractivity contribution < 1.29 is 9.84 Å². The summed E-state index contributed by atoms with van der Waals surface area (Å²) in [5.41, 5.74) is 3.22. The molecule has 0 amide bonds. The molecule has 2 N–H and O–H groups in total. The maximum Gasteiger partial charge on any atom is 0.123 e. The number of rotatable bonds is 7. The number of hydrogen-bond donors (Lipinski definition) is 2. The fourth-order valence-corrected chi connectivity index (χ4v) is 2.61.